The average Bonchev–Trinajstić information content (AvgIpc) is 3.03. The van der Waals surface area contributed by atoms with Gasteiger partial charge in [-0.2, -0.15) is 0 Å². The van der Waals surface area contributed by atoms with Crippen molar-refractivity contribution < 1.29 is 43.2 Å². The zero-order valence-electron chi connectivity index (χ0n) is 27.5. The number of benzene rings is 1. The molecule has 0 aromatic heterocycles. The van der Waals surface area contributed by atoms with Gasteiger partial charge in [0.15, 0.2) is 0 Å². The van der Waals surface area contributed by atoms with Crippen LogP contribution in [-0.4, -0.2) is 62.0 Å². The lowest BCUT2D eigenvalue weighted by atomic mass is 9.88. The van der Waals surface area contributed by atoms with Gasteiger partial charge >= 0.3 is 23.9 Å². The number of aliphatic hydroxyl groups is 1. The quantitative estimate of drug-likeness (QED) is 0.100. The third-order valence-electron chi connectivity index (χ3n) is 5.20. The molecule has 1 aromatic rings. The Kier molecular flexibility index (Phi) is 26.6. The number of ether oxygens (including phenoxy) is 4. The van der Waals surface area contributed by atoms with Gasteiger partial charge in [0.1, 0.15) is 26.4 Å². The molecular weight excluding hydrogens is 576 g/mol. The SMILES string of the molecule is C=C(C)C(=O)OCC(CC)(COC(=O)C(=C)C)COC(=O)C(=C)C.C=C(C)C(=O)OCCO.C=CC=C.C=Cc1ccccc1. The zero-order valence-corrected chi connectivity index (χ0v) is 27.5. The predicted molar refractivity (Wildman–Crippen MR) is 180 cm³/mol. The number of carbonyl (C=O) groups is 4. The van der Waals surface area contributed by atoms with Crippen molar-refractivity contribution >= 4 is 30.0 Å². The molecule has 0 aliphatic heterocycles. The average molecular weight is 627 g/mol. The molecule has 248 valence electrons. The van der Waals surface area contributed by atoms with Crippen LogP contribution >= 0.6 is 0 Å². The van der Waals surface area contributed by atoms with E-state index in [0.29, 0.717) is 12.0 Å². The fourth-order valence-electron chi connectivity index (χ4n) is 2.31. The third-order valence-corrected chi connectivity index (χ3v) is 5.20. The highest BCUT2D eigenvalue weighted by molar-refractivity contribution is 5.88. The van der Waals surface area contributed by atoms with E-state index in [1.54, 1.807) is 19.1 Å². The number of hydrogen-bond acceptors (Lipinski definition) is 9. The smallest absolute Gasteiger partial charge is 0.333 e. The summed E-state index contributed by atoms with van der Waals surface area (Å²) in [4.78, 5) is 45.4. The largest absolute Gasteiger partial charge is 0.461 e. The number of hydrogen-bond donors (Lipinski definition) is 1. The molecule has 0 atom stereocenters. The van der Waals surface area contributed by atoms with Gasteiger partial charge in [0.05, 0.1) is 12.0 Å². The van der Waals surface area contributed by atoms with E-state index in [0.717, 1.165) is 0 Å². The monoisotopic (exact) mass is 626 g/mol. The summed E-state index contributed by atoms with van der Waals surface area (Å²) in [7, 11) is 0. The number of aliphatic hydroxyl groups excluding tert-OH is 1. The minimum absolute atomic E-state index is 0.0473. The second kappa shape index (κ2) is 26.8. The maximum Gasteiger partial charge on any atom is 0.333 e. The molecule has 9 nitrogen and oxygen atoms in total. The number of rotatable bonds is 15. The van der Waals surface area contributed by atoms with Gasteiger partial charge < -0.3 is 24.1 Å². The molecule has 1 aromatic carbocycles. The van der Waals surface area contributed by atoms with Gasteiger partial charge in [-0.3, -0.25) is 0 Å². The molecule has 0 saturated heterocycles. The zero-order chi connectivity index (χ0) is 35.4. The first kappa shape index (κ1) is 44.7. The van der Waals surface area contributed by atoms with E-state index in [4.69, 9.17) is 19.3 Å². The molecule has 0 spiro atoms. The summed E-state index contributed by atoms with van der Waals surface area (Å²) in [6.07, 6.45) is 5.56. The first-order chi connectivity index (χ1) is 21.1. The molecule has 9 heteroatoms. The molecule has 0 heterocycles. The Labute approximate surface area is 268 Å². The first-order valence-corrected chi connectivity index (χ1v) is 13.9. The van der Waals surface area contributed by atoms with Gasteiger partial charge in [0.2, 0.25) is 0 Å². The third kappa shape index (κ3) is 24.4. The van der Waals surface area contributed by atoms with Crippen LogP contribution < -0.4 is 0 Å². The van der Waals surface area contributed by atoms with E-state index in [1.165, 1.54) is 26.3 Å². The first-order valence-electron chi connectivity index (χ1n) is 13.9. The molecule has 0 amide bonds. The highest BCUT2D eigenvalue weighted by atomic mass is 16.6. The van der Waals surface area contributed by atoms with E-state index in [2.05, 4.69) is 50.8 Å². The number of allylic oxidation sites excluding steroid dienone is 2. The molecule has 0 aliphatic carbocycles. The van der Waals surface area contributed by atoms with Crippen LogP contribution in [0.4, 0.5) is 0 Å². The van der Waals surface area contributed by atoms with Crippen LogP contribution in [0.2, 0.25) is 0 Å². The van der Waals surface area contributed by atoms with Gasteiger partial charge in [0, 0.05) is 22.3 Å². The highest BCUT2D eigenvalue weighted by Crippen LogP contribution is 2.25. The fourth-order valence-corrected chi connectivity index (χ4v) is 2.31. The van der Waals surface area contributed by atoms with Crippen molar-refractivity contribution in [3.8, 4) is 0 Å². The van der Waals surface area contributed by atoms with Crippen molar-refractivity contribution in [3.63, 3.8) is 0 Å². The van der Waals surface area contributed by atoms with Crippen molar-refractivity contribution in [2.75, 3.05) is 33.0 Å². The molecule has 45 heavy (non-hydrogen) atoms. The van der Waals surface area contributed by atoms with Crippen LogP contribution in [0.5, 0.6) is 0 Å². The van der Waals surface area contributed by atoms with E-state index in [-0.39, 0.29) is 49.8 Å². The van der Waals surface area contributed by atoms with Crippen molar-refractivity contribution in [3.05, 3.63) is 116 Å². The highest BCUT2D eigenvalue weighted by Gasteiger charge is 2.34. The minimum Gasteiger partial charge on any atom is -0.461 e. The molecule has 1 rings (SSSR count). The van der Waals surface area contributed by atoms with E-state index in [1.807, 2.05) is 43.3 Å². The molecule has 0 aliphatic rings. The van der Waals surface area contributed by atoms with Crippen LogP contribution in [0.25, 0.3) is 6.08 Å². The van der Waals surface area contributed by atoms with Crippen molar-refractivity contribution in [1.29, 1.82) is 0 Å². The summed E-state index contributed by atoms with van der Waals surface area (Å²) >= 11 is 0. The maximum absolute atomic E-state index is 11.6. The Morgan fingerprint density at radius 2 is 1.00 bits per heavy atom. The van der Waals surface area contributed by atoms with Gasteiger partial charge in [-0.15, -0.1) is 0 Å². The second-order valence-corrected chi connectivity index (χ2v) is 9.65. The topological polar surface area (TPSA) is 125 Å². The summed E-state index contributed by atoms with van der Waals surface area (Å²) in [5, 5.41) is 8.19. The lowest BCUT2D eigenvalue weighted by molar-refractivity contribution is -0.157. The van der Waals surface area contributed by atoms with Crippen LogP contribution in [-0.2, 0) is 38.1 Å². The van der Waals surface area contributed by atoms with Crippen LogP contribution in [0.3, 0.4) is 0 Å². The molecule has 0 saturated carbocycles. The molecule has 0 bridgehead atoms. The van der Waals surface area contributed by atoms with E-state index >= 15 is 0 Å². The molecule has 0 unspecified atom stereocenters. The summed E-state index contributed by atoms with van der Waals surface area (Å²) in [5.74, 6) is -2.15. The van der Waals surface area contributed by atoms with Crippen LogP contribution in [0.15, 0.2) is 111 Å². The van der Waals surface area contributed by atoms with Gasteiger partial charge in [-0.05, 0) is 39.7 Å². The van der Waals surface area contributed by atoms with Gasteiger partial charge in [0.25, 0.3) is 0 Å². The summed E-state index contributed by atoms with van der Waals surface area (Å²) in [6.45, 7) is 31.8. The fraction of sp³-hybridized carbons (Fsp3) is 0.333. The Balaban J connectivity index is -0.000000675. The standard InChI is InChI=1S/C18H26O6.C8H8.C6H10O3.C4H6/c1-8-18(9-22-15(19)12(2)3,10-23-16(20)13(4)5)11-24-17(21)14(6)7;1-2-8-6-4-3-5-7-8;1-5(2)6(8)9-4-3-7;1-3-4-2/h2,4,6,8-11H2,1,3,5,7H3;2-7H,1H2;7H,1,3-4H2,2H3;3-4H,1-2H2. The second-order valence-electron chi connectivity index (χ2n) is 9.65. The summed E-state index contributed by atoms with van der Waals surface area (Å²) in [6, 6.07) is 10.0. The van der Waals surface area contributed by atoms with Crippen molar-refractivity contribution in [1.82, 2.24) is 0 Å². The molecule has 1 N–H and O–H groups in total. The molecular formula is C36H50O9. The Hall–Kier alpha value is -4.76. The molecule has 0 radical (unpaired) electrons. The summed E-state index contributed by atoms with van der Waals surface area (Å²) in [5.41, 5.74) is 1.41. The lowest BCUT2D eigenvalue weighted by Crippen LogP contribution is -2.39. The minimum atomic E-state index is -0.860. The van der Waals surface area contributed by atoms with E-state index < -0.39 is 29.3 Å². The normalized spacial score (nSPS) is 9.29. The molecule has 0 fully saturated rings. The van der Waals surface area contributed by atoms with Crippen LogP contribution in [0.1, 0.15) is 46.6 Å². The number of esters is 4. The lowest BCUT2D eigenvalue weighted by Gasteiger charge is -2.31. The van der Waals surface area contributed by atoms with Crippen LogP contribution in [0, 0.1) is 5.41 Å². The van der Waals surface area contributed by atoms with Crippen molar-refractivity contribution in [2.24, 2.45) is 5.41 Å². The summed E-state index contributed by atoms with van der Waals surface area (Å²) < 4.78 is 20.0. The Morgan fingerprint density at radius 3 is 1.22 bits per heavy atom. The van der Waals surface area contributed by atoms with E-state index in [9.17, 15) is 19.2 Å². The Morgan fingerprint density at radius 1 is 0.667 bits per heavy atom. The van der Waals surface area contributed by atoms with Gasteiger partial charge in [-0.1, -0.05) is 102 Å². The maximum atomic E-state index is 11.6. The van der Waals surface area contributed by atoms with Crippen molar-refractivity contribution in [2.45, 2.75) is 41.0 Å². The Bertz CT molecular complexity index is 1080. The van der Waals surface area contributed by atoms with Gasteiger partial charge in [-0.25, -0.2) is 19.2 Å². The predicted octanol–water partition coefficient (Wildman–Crippen LogP) is 6.53. The number of carbonyl (C=O) groups excluding carboxylic acids is 4.